The molecule has 3 aromatic rings. The molecule has 28 heavy (non-hydrogen) atoms. The van der Waals surface area contributed by atoms with Gasteiger partial charge < -0.3 is 19.5 Å². The molecule has 6 nitrogen and oxygen atoms in total. The highest BCUT2D eigenvalue weighted by Crippen LogP contribution is 2.24. The van der Waals surface area contributed by atoms with Gasteiger partial charge in [-0.05, 0) is 49.3 Å². The lowest BCUT2D eigenvalue weighted by Crippen LogP contribution is -2.35. The van der Waals surface area contributed by atoms with Crippen molar-refractivity contribution >= 4 is 23.0 Å². The van der Waals surface area contributed by atoms with Crippen LogP contribution in [-0.2, 0) is 13.1 Å². The Bertz CT molecular complexity index is 854. The van der Waals surface area contributed by atoms with E-state index in [0.717, 1.165) is 36.5 Å². The number of ether oxygens (including phenoxy) is 1. The van der Waals surface area contributed by atoms with Gasteiger partial charge in [0.05, 0.1) is 18.6 Å². The minimum absolute atomic E-state index is 0.607. The maximum atomic E-state index is 5.73. The fourth-order valence-corrected chi connectivity index (χ4v) is 3.14. The summed E-state index contributed by atoms with van der Waals surface area (Å²) in [5.74, 6) is 0.798. The first-order valence-electron chi connectivity index (χ1n) is 9.38. The standard InChI is InChI=1S/C21H25N5OS/c1-2-27-20-9-4-3-8-19(20)24-21(28)26(16-18-7-5-10-22-15-18)13-6-12-25-14-11-23-17-25/h3-5,7-11,14-15,17H,2,6,12-13,16H2,1H3,(H,24,28). The van der Waals surface area contributed by atoms with Crippen molar-refractivity contribution in [3.8, 4) is 5.75 Å². The van der Waals surface area contributed by atoms with Crippen LogP contribution in [0.3, 0.4) is 0 Å². The van der Waals surface area contributed by atoms with E-state index in [-0.39, 0.29) is 0 Å². The van der Waals surface area contributed by atoms with Crippen molar-refractivity contribution in [1.29, 1.82) is 0 Å². The molecule has 0 unspecified atom stereocenters. The van der Waals surface area contributed by atoms with Gasteiger partial charge in [0.1, 0.15) is 5.75 Å². The van der Waals surface area contributed by atoms with Gasteiger partial charge in [0.15, 0.2) is 5.11 Å². The Morgan fingerprint density at radius 1 is 1.18 bits per heavy atom. The smallest absolute Gasteiger partial charge is 0.173 e. The molecule has 146 valence electrons. The second-order valence-corrected chi connectivity index (χ2v) is 6.68. The van der Waals surface area contributed by atoms with E-state index in [1.165, 1.54) is 0 Å². The predicted octanol–water partition coefficient (Wildman–Crippen LogP) is 3.97. The molecule has 0 amide bonds. The Morgan fingerprint density at radius 2 is 2.07 bits per heavy atom. The van der Waals surface area contributed by atoms with Crippen LogP contribution in [0.15, 0.2) is 67.5 Å². The fraction of sp³-hybridized carbons (Fsp3) is 0.286. The van der Waals surface area contributed by atoms with Crippen LogP contribution in [-0.4, -0.2) is 37.7 Å². The molecule has 0 aliphatic heterocycles. The van der Waals surface area contributed by atoms with Crippen molar-refractivity contribution in [3.05, 3.63) is 73.1 Å². The number of hydrogen-bond acceptors (Lipinski definition) is 4. The average Bonchev–Trinajstić information content (AvgIpc) is 3.23. The van der Waals surface area contributed by atoms with E-state index in [2.05, 4.69) is 30.8 Å². The lowest BCUT2D eigenvalue weighted by atomic mass is 10.2. The summed E-state index contributed by atoms with van der Waals surface area (Å²) in [6.45, 7) is 4.98. The van der Waals surface area contributed by atoms with Gasteiger partial charge >= 0.3 is 0 Å². The molecule has 2 heterocycles. The molecule has 2 aromatic heterocycles. The summed E-state index contributed by atoms with van der Waals surface area (Å²) in [7, 11) is 0. The van der Waals surface area contributed by atoms with E-state index in [0.29, 0.717) is 18.3 Å². The Balaban J connectivity index is 1.68. The summed E-state index contributed by atoms with van der Waals surface area (Å²) in [5.41, 5.74) is 1.99. The number of pyridine rings is 1. The van der Waals surface area contributed by atoms with E-state index in [1.807, 2.05) is 56.0 Å². The van der Waals surface area contributed by atoms with E-state index >= 15 is 0 Å². The molecular weight excluding hydrogens is 370 g/mol. The first-order valence-corrected chi connectivity index (χ1v) is 9.79. The number of hydrogen-bond donors (Lipinski definition) is 1. The van der Waals surface area contributed by atoms with Gasteiger partial charge in [-0.3, -0.25) is 4.98 Å². The van der Waals surface area contributed by atoms with Crippen molar-refractivity contribution in [2.45, 2.75) is 26.4 Å². The number of aromatic nitrogens is 3. The van der Waals surface area contributed by atoms with Crippen LogP contribution >= 0.6 is 12.2 Å². The number of benzene rings is 1. The van der Waals surface area contributed by atoms with E-state index < -0.39 is 0 Å². The highest BCUT2D eigenvalue weighted by atomic mass is 32.1. The molecule has 0 spiro atoms. The number of para-hydroxylation sites is 2. The lowest BCUT2D eigenvalue weighted by molar-refractivity contribution is 0.341. The van der Waals surface area contributed by atoms with E-state index in [9.17, 15) is 0 Å². The Hall–Kier alpha value is -2.93. The minimum atomic E-state index is 0.607. The molecule has 0 saturated heterocycles. The van der Waals surface area contributed by atoms with Gasteiger partial charge in [0, 0.05) is 44.4 Å². The third-order valence-electron chi connectivity index (χ3n) is 4.22. The Morgan fingerprint density at radius 3 is 2.82 bits per heavy atom. The number of anilines is 1. The maximum absolute atomic E-state index is 5.73. The molecule has 0 atom stereocenters. The molecular formula is C21H25N5OS. The number of nitrogens with one attached hydrogen (secondary N) is 1. The van der Waals surface area contributed by atoms with Crippen LogP contribution in [0.25, 0.3) is 0 Å². The second kappa shape index (κ2) is 10.4. The molecule has 0 aliphatic rings. The Labute approximate surface area is 171 Å². The van der Waals surface area contributed by atoms with Crippen LogP contribution < -0.4 is 10.1 Å². The zero-order valence-electron chi connectivity index (χ0n) is 16.0. The van der Waals surface area contributed by atoms with Crippen molar-refractivity contribution in [1.82, 2.24) is 19.4 Å². The summed E-state index contributed by atoms with van der Waals surface area (Å²) >= 11 is 5.73. The molecule has 0 radical (unpaired) electrons. The van der Waals surface area contributed by atoms with Crippen LogP contribution in [0, 0.1) is 0 Å². The Kier molecular flexibility index (Phi) is 7.37. The fourth-order valence-electron chi connectivity index (χ4n) is 2.87. The van der Waals surface area contributed by atoms with Crippen LogP contribution in [0.1, 0.15) is 18.9 Å². The van der Waals surface area contributed by atoms with Crippen molar-refractivity contribution in [3.63, 3.8) is 0 Å². The highest BCUT2D eigenvalue weighted by molar-refractivity contribution is 7.80. The summed E-state index contributed by atoms with van der Waals surface area (Å²) in [6, 6.07) is 11.9. The van der Waals surface area contributed by atoms with E-state index in [4.69, 9.17) is 17.0 Å². The molecule has 7 heteroatoms. The van der Waals surface area contributed by atoms with Crippen LogP contribution in [0.2, 0.25) is 0 Å². The number of rotatable bonds is 9. The third-order valence-corrected chi connectivity index (χ3v) is 4.58. The molecule has 3 rings (SSSR count). The largest absolute Gasteiger partial charge is 0.492 e. The SMILES string of the molecule is CCOc1ccccc1NC(=S)N(CCCn1ccnc1)Cc1cccnc1. The number of nitrogens with zero attached hydrogens (tertiary/aromatic N) is 4. The monoisotopic (exact) mass is 395 g/mol. The molecule has 0 aliphatic carbocycles. The molecule has 1 aromatic carbocycles. The van der Waals surface area contributed by atoms with Gasteiger partial charge in [0.25, 0.3) is 0 Å². The van der Waals surface area contributed by atoms with Crippen molar-refractivity contribution in [2.24, 2.45) is 0 Å². The second-order valence-electron chi connectivity index (χ2n) is 6.30. The quantitative estimate of drug-likeness (QED) is 0.554. The van der Waals surface area contributed by atoms with Gasteiger partial charge in [-0.2, -0.15) is 0 Å². The summed E-state index contributed by atoms with van der Waals surface area (Å²) in [6.07, 6.45) is 10.2. The van der Waals surface area contributed by atoms with Gasteiger partial charge in [-0.1, -0.05) is 18.2 Å². The highest BCUT2D eigenvalue weighted by Gasteiger charge is 2.13. The minimum Gasteiger partial charge on any atom is -0.492 e. The maximum Gasteiger partial charge on any atom is 0.173 e. The van der Waals surface area contributed by atoms with Crippen LogP contribution in [0.5, 0.6) is 5.75 Å². The van der Waals surface area contributed by atoms with Gasteiger partial charge in [-0.15, -0.1) is 0 Å². The molecule has 0 saturated carbocycles. The summed E-state index contributed by atoms with van der Waals surface area (Å²) < 4.78 is 7.78. The lowest BCUT2D eigenvalue weighted by Gasteiger charge is -2.26. The zero-order chi connectivity index (χ0) is 19.6. The molecule has 0 fully saturated rings. The first kappa shape index (κ1) is 19.8. The third kappa shape index (κ3) is 5.79. The zero-order valence-corrected chi connectivity index (χ0v) is 16.8. The normalized spacial score (nSPS) is 10.5. The van der Waals surface area contributed by atoms with Gasteiger partial charge in [0.2, 0.25) is 0 Å². The number of imidazole rings is 1. The predicted molar refractivity (Wildman–Crippen MR) is 115 cm³/mol. The van der Waals surface area contributed by atoms with Crippen LogP contribution in [0.4, 0.5) is 5.69 Å². The summed E-state index contributed by atoms with van der Waals surface area (Å²) in [4.78, 5) is 10.5. The summed E-state index contributed by atoms with van der Waals surface area (Å²) in [5, 5.41) is 4.02. The number of aryl methyl sites for hydroxylation is 1. The molecule has 1 N–H and O–H groups in total. The average molecular weight is 396 g/mol. The van der Waals surface area contributed by atoms with Crippen molar-refractivity contribution < 1.29 is 4.74 Å². The van der Waals surface area contributed by atoms with Gasteiger partial charge in [-0.25, -0.2) is 4.98 Å². The first-order chi connectivity index (χ1) is 13.8. The topological polar surface area (TPSA) is 55.2 Å². The molecule has 0 bridgehead atoms. The van der Waals surface area contributed by atoms with Crippen molar-refractivity contribution in [2.75, 3.05) is 18.5 Å². The number of thiocarbonyl (C=S) groups is 1. The van der Waals surface area contributed by atoms with E-state index in [1.54, 1.807) is 12.4 Å².